The Morgan fingerprint density at radius 2 is 1.79 bits per heavy atom. The van der Waals surface area contributed by atoms with E-state index in [2.05, 4.69) is 15.3 Å². The number of fused-ring (bicyclic) bond motifs is 1. The molecule has 29 heavy (non-hydrogen) atoms. The van der Waals surface area contributed by atoms with Gasteiger partial charge in [0, 0.05) is 35.5 Å². The molecule has 0 saturated carbocycles. The van der Waals surface area contributed by atoms with E-state index < -0.39 is 4.92 Å². The molecule has 0 bridgehead atoms. The second kappa shape index (κ2) is 7.73. The van der Waals surface area contributed by atoms with Crippen LogP contribution in [0.4, 0.5) is 11.5 Å². The zero-order valence-corrected chi connectivity index (χ0v) is 15.0. The number of aromatic nitrogens is 2. The van der Waals surface area contributed by atoms with Gasteiger partial charge in [0.2, 0.25) is 0 Å². The number of pyridine rings is 2. The van der Waals surface area contributed by atoms with Crippen molar-refractivity contribution in [2.45, 2.75) is 0 Å². The van der Waals surface area contributed by atoms with Crippen molar-refractivity contribution < 1.29 is 14.5 Å². The Kier molecular flexibility index (Phi) is 4.81. The van der Waals surface area contributed by atoms with Crippen LogP contribution in [-0.2, 0) is 0 Å². The fraction of sp³-hybridized carbons (Fsp3) is 0. The highest BCUT2D eigenvalue weighted by molar-refractivity contribution is 6.03. The summed E-state index contributed by atoms with van der Waals surface area (Å²) in [6.07, 6.45) is 3.16. The van der Waals surface area contributed by atoms with Crippen LogP contribution in [0.15, 0.2) is 79.1 Å². The van der Waals surface area contributed by atoms with Crippen LogP contribution in [0.1, 0.15) is 10.4 Å². The lowest BCUT2D eigenvalue weighted by molar-refractivity contribution is -0.384. The second-order valence-electron chi connectivity index (χ2n) is 6.06. The van der Waals surface area contributed by atoms with Crippen molar-refractivity contribution in [2.24, 2.45) is 0 Å². The van der Waals surface area contributed by atoms with Gasteiger partial charge in [-0.1, -0.05) is 6.07 Å². The summed E-state index contributed by atoms with van der Waals surface area (Å²) in [5.74, 6) is 1.09. The van der Waals surface area contributed by atoms with Gasteiger partial charge in [-0.2, -0.15) is 0 Å². The first-order valence-electron chi connectivity index (χ1n) is 8.63. The molecule has 8 nitrogen and oxygen atoms in total. The molecule has 0 fully saturated rings. The number of hydrogen-bond donors (Lipinski definition) is 1. The molecular formula is C21H14N4O4. The van der Waals surface area contributed by atoms with E-state index >= 15 is 0 Å². The maximum absolute atomic E-state index is 12.3. The molecule has 4 aromatic rings. The van der Waals surface area contributed by atoms with Gasteiger partial charge in [0.15, 0.2) is 0 Å². The number of carbonyl (C=O) groups excluding carboxylic acids is 1. The molecule has 1 amide bonds. The normalized spacial score (nSPS) is 10.5. The first kappa shape index (κ1) is 18.1. The number of nitrogens with one attached hydrogen (secondary N) is 1. The van der Waals surface area contributed by atoms with Gasteiger partial charge in [-0.25, -0.2) is 4.98 Å². The molecule has 142 valence electrons. The number of ether oxygens (including phenoxy) is 1. The topological polar surface area (TPSA) is 107 Å². The predicted octanol–water partition coefficient (Wildman–Crippen LogP) is 4.58. The molecule has 0 aliphatic heterocycles. The van der Waals surface area contributed by atoms with E-state index in [9.17, 15) is 14.9 Å². The van der Waals surface area contributed by atoms with Gasteiger partial charge in [-0.3, -0.25) is 19.9 Å². The Morgan fingerprint density at radius 3 is 2.52 bits per heavy atom. The van der Waals surface area contributed by atoms with Gasteiger partial charge in [0.05, 0.1) is 10.4 Å². The van der Waals surface area contributed by atoms with Crippen molar-refractivity contribution in [2.75, 3.05) is 5.32 Å². The van der Waals surface area contributed by atoms with E-state index in [1.54, 1.807) is 67.0 Å². The smallest absolute Gasteiger partial charge is 0.270 e. The summed E-state index contributed by atoms with van der Waals surface area (Å²) in [7, 11) is 0. The molecule has 0 unspecified atom stereocenters. The fourth-order valence-corrected chi connectivity index (χ4v) is 2.74. The van der Waals surface area contributed by atoms with Crippen LogP contribution in [0.3, 0.4) is 0 Å². The van der Waals surface area contributed by atoms with E-state index in [-0.39, 0.29) is 11.6 Å². The molecule has 0 radical (unpaired) electrons. The molecule has 0 saturated heterocycles. The summed E-state index contributed by atoms with van der Waals surface area (Å²) < 4.78 is 5.87. The molecule has 0 aliphatic rings. The van der Waals surface area contributed by atoms with Crippen LogP contribution in [0, 0.1) is 10.1 Å². The Morgan fingerprint density at radius 1 is 0.966 bits per heavy atom. The third-order valence-electron chi connectivity index (χ3n) is 4.15. The van der Waals surface area contributed by atoms with E-state index in [4.69, 9.17) is 4.74 Å². The number of nitro benzene ring substituents is 1. The molecule has 2 heterocycles. The highest BCUT2D eigenvalue weighted by Gasteiger charge is 2.12. The van der Waals surface area contributed by atoms with E-state index in [0.29, 0.717) is 33.8 Å². The lowest BCUT2D eigenvalue weighted by Crippen LogP contribution is -2.12. The summed E-state index contributed by atoms with van der Waals surface area (Å²) in [4.78, 5) is 31.1. The van der Waals surface area contributed by atoms with Crippen LogP contribution in [-0.4, -0.2) is 20.8 Å². The Bertz CT molecular complexity index is 1190. The molecule has 8 heteroatoms. The quantitative estimate of drug-likeness (QED) is 0.397. The number of carbonyl (C=O) groups is 1. The monoisotopic (exact) mass is 386 g/mol. The third-order valence-corrected chi connectivity index (χ3v) is 4.15. The molecular weight excluding hydrogens is 372 g/mol. The zero-order valence-electron chi connectivity index (χ0n) is 15.0. The van der Waals surface area contributed by atoms with Crippen molar-refractivity contribution in [3.05, 3.63) is 94.8 Å². The third kappa shape index (κ3) is 4.01. The SMILES string of the molecule is O=C(Nc1ccccn1)c1ccc(Oc2ccnc3ccc([N+](=O)[O-])cc23)cc1. The van der Waals surface area contributed by atoms with E-state index in [1.807, 2.05) is 0 Å². The van der Waals surface area contributed by atoms with Gasteiger partial charge in [-0.05, 0) is 48.5 Å². The minimum Gasteiger partial charge on any atom is -0.457 e. The Labute approximate surface area is 165 Å². The molecule has 0 spiro atoms. The number of hydrogen-bond acceptors (Lipinski definition) is 6. The standard InChI is InChI=1S/C21H14N4O4/c26-21(24-20-3-1-2-11-23-20)14-4-7-16(8-5-14)29-19-10-12-22-18-9-6-15(25(27)28)13-17(18)19/h1-13H,(H,23,24,26). The predicted molar refractivity (Wildman–Crippen MR) is 107 cm³/mol. The first-order chi connectivity index (χ1) is 14.1. The van der Waals surface area contributed by atoms with Crippen LogP contribution >= 0.6 is 0 Å². The zero-order chi connectivity index (χ0) is 20.2. The van der Waals surface area contributed by atoms with Gasteiger partial charge in [0.1, 0.15) is 17.3 Å². The maximum atomic E-state index is 12.3. The number of benzene rings is 2. The average Bonchev–Trinajstić information content (AvgIpc) is 2.75. The average molecular weight is 386 g/mol. The minimum absolute atomic E-state index is 0.0445. The molecule has 0 aliphatic carbocycles. The van der Waals surface area contributed by atoms with Crippen LogP contribution in [0.25, 0.3) is 10.9 Å². The first-order valence-corrected chi connectivity index (χ1v) is 8.63. The van der Waals surface area contributed by atoms with Gasteiger partial charge >= 0.3 is 0 Å². The largest absolute Gasteiger partial charge is 0.457 e. The minimum atomic E-state index is -0.467. The summed E-state index contributed by atoms with van der Waals surface area (Å²) in [6.45, 7) is 0. The summed E-state index contributed by atoms with van der Waals surface area (Å²) in [5.41, 5.74) is 0.981. The summed E-state index contributed by atoms with van der Waals surface area (Å²) >= 11 is 0. The second-order valence-corrected chi connectivity index (χ2v) is 6.06. The van der Waals surface area contributed by atoms with Crippen LogP contribution in [0.5, 0.6) is 11.5 Å². The highest BCUT2D eigenvalue weighted by atomic mass is 16.6. The summed E-state index contributed by atoms with van der Waals surface area (Å²) in [5, 5.41) is 14.3. The maximum Gasteiger partial charge on any atom is 0.270 e. The lowest BCUT2D eigenvalue weighted by Gasteiger charge is -2.09. The molecule has 2 aromatic heterocycles. The van der Waals surface area contributed by atoms with E-state index in [1.165, 1.54) is 12.1 Å². The fourth-order valence-electron chi connectivity index (χ4n) is 2.74. The molecule has 1 N–H and O–H groups in total. The van der Waals surface area contributed by atoms with Crippen LogP contribution < -0.4 is 10.1 Å². The number of nitrogens with zero attached hydrogens (tertiary/aromatic N) is 3. The van der Waals surface area contributed by atoms with Gasteiger partial charge in [0.25, 0.3) is 11.6 Å². The van der Waals surface area contributed by atoms with Crippen molar-refractivity contribution in [3.63, 3.8) is 0 Å². The Balaban J connectivity index is 1.55. The van der Waals surface area contributed by atoms with Crippen molar-refractivity contribution in [1.29, 1.82) is 0 Å². The number of rotatable bonds is 5. The summed E-state index contributed by atoms with van der Waals surface area (Å²) in [6, 6.07) is 17.8. The molecule has 4 rings (SSSR count). The molecule has 2 aromatic carbocycles. The number of anilines is 1. The van der Waals surface area contributed by atoms with Crippen molar-refractivity contribution in [1.82, 2.24) is 9.97 Å². The molecule has 0 atom stereocenters. The van der Waals surface area contributed by atoms with Crippen molar-refractivity contribution >= 4 is 28.3 Å². The number of amides is 1. The van der Waals surface area contributed by atoms with Crippen molar-refractivity contribution in [3.8, 4) is 11.5 Å². The Hall–Kier alpha value is -4.33. The lowest BCUT2D eigenvalue weighted by atomic mass is 10.1. The van der Waals surface area contributed by atoms with Gasteiger partial charge in [-0.15, -0.1) is 0 Å². The number of non-ortho nitro benzene ring substituents is 1. The van der Waals surface area contributed by atoms with Crippen LogP contribution in [0.2, 0.25) is 0 Å². The van der Waals surface area contributed by atoms with E-state index in [0.717, 1.165) is 0 Å². The number of nitro groups is 1. The van der Waals surface area contributed by atoms with Gasteiger partial charge < -0.3 is 10.1 Å². The highest BCUT2D eigenvalue weighted by Crippen LogP contribution is 2.31.